The Morgan fingerprint density at radius 1 is 1.15 bits per heavy atom. The molecule has 1 amide bonds. The summed E-state index contributed by atoms with van der Waals surface area (Å²) in [7, 11) is 0. The van der Waals surface area contributed by atoms with Gasteiger partial charge in [0.2, 0.25) is 0 Å². The zero-order valence-electron chi connectivity index (χ0n) is 11.1. The zero-order valence-corrected chi connectivity index (χ0v) is 13.5. The molecular formula is C16H15BrClNO. The number of benzene rings is 2. The first-order valence-electron chi connectivity index (χ1n) is 6.41. The van der Waals surface area contributed by atoms with E-state index in [0.717, 1.165) is 12.0 Å². The van der Waals surface area contributed by atoms with Gasteiger partial charge in [0.1, 0.15) is 0 Å². The van der Waals surface area contributed by atoms with Crippen molar-refractivity contribution in [3.8, 4) is 0 Å². The summed E-state index contributed by atoms with van der Waals surface area (Å²) in [6.07, 6.45) is 1.02. The van der Waals surface area contributed by atoms with Gasteiger partial charge in [-0.05, 0) is 51.7 Å². The van der Waals surface area contributed by atoms with Crippen LogP contribution in [0.1, 0.15) is 28.4 Å². The van der Waals surface area contributed by atoms with Crippen LogP contribution in [0.4, 0.5) is 0 Å². The summed E-state index contributed by atoms with van der Waals surface area (Å²) in [6.45, 7) is 2.63. The van der Waals surface area contributed by atoms with Crippen molar-refractivity contribution in [3.63, 3.8) is 0 Å². The maximum absolute atomic E-state index is 12.1. The fourth-order valence-electron chi connectivity index (χ4n) is 1.84. The lowest BCUT2D eigenvalue weighted by molar-refractivity contribution is 0.0950. The fourth-order valence-corrected chi connectivity index (χ4v) is 2.71. The first kappa shape index (κ1) is 15.1. The van der Waals surface area contributed by atoms with Gasteiger partial charge in [0.05, 0.1) is 5.56 Å². The largest absolute Gasteiger partial charge is 0.348 e. The number of halogens is 2. The molecule has 0 spiro atoms. The number of carbonyl (C=O) groups is 1. The highest BCUT2D eigenvalue weighted by atomic mass is 79.9. The second-order valence-corrected chi connectivity index (χ2v) is 5.77. The highest BCUT2D eigenvalue weighted by Crippen LogP contribution is 2.21. The highest BCUT2D eigenvalue weighted by Gasteiger charge is 2.09. The van der Waals surface area contributed by atoms with Crippen molar-refractivity contribution in [1.29, 1.82) is 0 Å². The molecule has 0 saturated carbocycles. The molecule has 0 aliphatic rings. The van der Waals surface area contributed by atoms with Crippen LogP contribution in [-0.2, 0) is 13.0 Å². The molecule has 0 bridgehead atoms. The average Bonchev–Trinajstić information content (AvgIpc) is 2.45. The quantitative estimate of drug-likeness (QED) is 0.856. The molecule has 0 aliphatic heterocycles. The van der Waals surface area contributed by atoms with Gasteiger partial charge in [-0.15, -0.1) is 0 Å². The molecule has 0 radical (unpaired) electrons. The minimum absolute atomic E-state index is 0.117. The van der Waals surface area contributed by atoms with Gasteiger partial charge in [0, 0.05) is 16.0 Å². The Kier molecular flexibility index (Phi) is 5.21. The van der Waals surface area contributed by atoms with E-state index in [4.69, 9.17) is 11.6 Å². The Hall–Kier alpha value is -1.32. The molecule has 0 fully saturated rings. The summed E-state index contributed by atoms with van der Waals surface area (Å²) in [4.78, 5) is 12.1. The van der Waals surface area contributed by atoms with Crippen LogP contribution < -0.4 is 5.32 Å². The molecule has 0 heterocycles. The van der Waals surface area contributed by atoms with Crippen molar-refractivity contribution in [3.05, 3.63) is 68.7 Å². The van der Waals surface area contributed by atoms with Crippen molar-refractivity contribution in [1.82, 2.24) is 5.32 Å². The van der Waals surface area contributed by atoms with Gasteiger partial charge in [0.15, 0.2) is 0 Å². The minimum atomic E-state index is -0.117. The van der Waals surface area contributed by atoms with Crippen molar-refractivity contribution in [2.45, 2.75) is 19.9 Å². The number of hydrogen-bond acceptors (Lipinski definition) is 1. The van der Waals surface area contributed by atoms with E-state index in [2.05, 4.69) is 40.3 Å². The topological polar surface area (TPSA) is 29.1 Å². The van der Waals surface area contributed by atoms with E-state index in [1.165, 1.54) is 5.56 Å². The smallest absolute Gasteiger partial charge is 0.252 e. The molecule has 2 aromatic rings. The Morgan fingerprint density at radius 2 is 1.80 bits per heavy atom. The molecule has 2 rings (SSSR count). The SMILES string of the molecule is CCc1ccc(CNC(=O)c2ccc(Cl)cc2Br)cc1. The van der Waals surface area contributed by atoms with E-state index in [9.17, 15) is 4.79 Å². The lowest BCUT2D eigenvalue weighted by atomic mass is 10.1. The molecule has 2 nitrogen and oxygen atoms in total. The van der Waals surface area contributed by atoms with E-state index in [0.29, 0.717) is 21.6 Å². The van der Waals surface area contributed by atoms with Gasteiger partial charge >= 0.3 is 0 Å². The Labute approximate surface area is 132 Å². The Balaban J connectivity index is 2.00. The molecule has 1 N–H and O–H groups in total. The molecule has 0 atom stereocenters. The minimum Gasteiger partial charge on any atom is -0.348 e. The fraction of sp³-hybridized carbons (Fsp3) is 0.188. The standard InChI is InChI=1S/C16H15BrClNO/c1-2-11-3-5-12(6-4-11)10-19-16(20)14-8-7-13(18)9-15(14)17/h3-9H,2,10H2,1H3,(H,19,20). The first-order chi connectivity index (χ1) is 9.60. The zero-order chi connectivity index (χ0) is 14.5. The van der Waals surface area contributed by atoms with Crippen LogP contribution >= 0.6 is 27.5 Å². The predicted molar refractivity (Wildman–Crippen MR) is 86.1 cm³/mol. The molecule has 0 aliphatic carbocycles. The second kappa shape index (κ2) is 6.91. The maximum Gasteiger partial charge on any atom is 0.252 e. The number of hydrogen-bond donors (Lipinski definition) is 1. The van der Waals surface area contributed by atoms with E-state index in [1.54, 1.807) is 18.2 Å². The van der Waals surface area contributed by atoms with Crippen LogP contribution in [-0.4, -0.2) is 5.91 Å². The summed E-state index contributed by atoms with van der Waals surface area (Å²) in [5, 5.41) is 3.50. The maximum atomic E-state index is 12.1. The summed E-state index contributed by atoms with van der Waals surface area (Å²) >= 11 is 9.21. The van der Waals surface area contributed by atoms with Gasteiger partial charge in [0.25, 0.3) is 5.91 Å². The highest BCUT2D eigenvalue weighted by molar-refractivity contribution is 9.10. The summed E-state index contributed by atoms with van der Waals surface area (Å²) in [6, 6.07) is 13.4. The third-order valence-electron chi connectivity index (χ3n) is 3.06. The lowest BCUT2D eigenvalue weighted by Gasteiger charge is -2.08. The number of carbonyl (C=O) groups excluding carboxylic acids is 1. The van der Waals surface area contributed by atoms with Crippen LogP contribution in [0, 0.1) is 0 Å². The van der Waals surface area contributed by atoms with E-state index < -0.39 is 0 Å². The molecule has 104 valence electrons. The number of amides is 1. The lowest BCUT2D eigenvalue weighted by Crippen LogP contribution is -2.23. The van der Waals surface area contributed by atoms with E-state index in [-0.39, 0.29) is 5.91 Å². The number of rotatable bonds is 4. The second-order valence-electron chi connectivity index (χ2n) is 4.48. The molecule has 2 aromatic carbocycles. The third kappa shape index (κ3) is 3.84. The van der Waals surface area contributed by atoms with Gasteiger partial charge in [-0.1, -0.05) is 42.8 Å². The van der Waals surface area contributed by atoms with Crippen LogP contribution in [0.3, 0.4) is 0 Å². The number of nitrogens with one attached hydrogen (secondary N) is 1. The van der Waals surface area contributed by atoms with Crippen molar-refractivity contribution >= 4 is 33.4 Å². The number of aryl methyl sites for hydroxylation is 1. The summed E-state index contributed by atoms with van der Waals surface area (Å²) in [5.74, 6) is -0.117. The van der Waals surface area contributed by atoms with Gasteiger partial charge in [-0.25, -0.2) is 0 Å². The van der Waals surface area contributed by atoms with Crippen LogP contribution in [0.25, 0.3) is 0 Å². The summed E-state index contributed by atoms with van der Waals surface area (Å²) < 4.78 is 0.698. The van der Waals surface area contributed by atoms with Gasteiger partial charge in [-0.2, -0.15) is 0 Å². The van der Waals surface area contributed by atoms with Crippen molar-refractivity contribution < 1.29 is 4.79 Å². The van der Waals surface area contributed by atoms with Crippen molar-refractivity contribution in [2.75, 3.05) is 0 Å². The molecule has 4 heteroatoms. The molecule has 0 aromatic heterocycles. The monoisotopic (exact) mass is 351 g/mol. The van der Waals surface area contributed by atoms with Gasteiger partial charge in [-0.3, -0.25) is 4.79 Å². The normalized spacial score (nSPS) is 10.3. The Morgan fingerprint density at radius 3 is 2.40 bits per heavy atom. The third-order valence-corrected chi connectivity index (χ3v) is 3.95. The predicted octanol–water partition coefficient (Wildman–Crippen LogP) is 4.59. The van der Waals surface area contributed by atoms with E-state index in [1.807, 2.05) is 12.1 Å². The van der Waals surface area contributed by atoms with Gasteiger partial charge < -0.3 is 5.32 Å². The molecule has 0 saturated heterocycles. The van der Waals surface area contributed by atoms with Crippen LogP contribution in [0.2, 0.25) is 5.02 Å². The van der Waals surface area contributed by atoms with Crippen LogP contribution in [0.5, 0.6) is 0 Å². The molecule has 0 unspecified atom stereocenters. The average molecular weight is 353 g/mol. The first-order valence-corrected chi connectivity index (χ1v) is 7.58. The van der Waals surface area contributed by atoms with Crippen LogP contribution in [0.15, 0.2) is 46.9 Å². The van der Waals surface area contributed by atoms with Crippen molar-refractivity contribution in [2.24, 2.45) is 0 Å². The van der Waals surface area contributed by atoms with E-state index >= 15 is 0 Å². The molecular weight excluding hydrogens is 338 g/mol. The Bertz CT molecular complexity index is 610. The summed E-state index contributed by atoms with van der Waals surface area (Å²) in [5.41, 5.74) is 2.96. The molecule has 20 heavy (non-hydrogen) atoms.